The lowest BCUT2D eigenvalue weighted by Crippen LogP contribution is -2.46. The molecule has 2 saturated heterocycles. The van der Waals surface area contributed by atoms with Crippen LogP contribution in [0.25, 0.3) is 0 Å². The fourth-order valence-corrected chi connectivity index (χ4v) is 4.46. The van der Waals surface area contributed by atoms with Gasteiger partial charge < -0.3 is 9.52 Å². The van der Waals surface area contributed by atoms with Crippen molar-refractivity contribution >= 4 is 16.0 Å². The molecule has 0 amide bonds. The highest BCUT2D eigenvalue weighted by molar-refractivity contribution is 7.89. The number of sulfonamides is 1. The second-order valence-electron chi connectivity index (χ2n) is 5.54. The lowest BCUT2D eigenvalue weighted by Gasteiger charge is -2.32. The van der Waals surface area contributed by atoms with Gasteiger partial charge in [0.1, 0.15) is 0 Å². The molecule has 2 fully saturated rings. The summed E-state index contributed by atoms with van der Waals surface area (Å²) in [5, 5.41) is 8.45. The predicted octanol–water partition coefficient (Wildman–Crippen LogP) is 0.883. The highest BCUT2D eigenvalue weighted by atomic mass is 32.2. The highest BCUT2D eigenvalue weighted by Crippen LogP contribution is 2.28. The number of piperidine rings is 1. The number of hydrogen-bond donors (Lipinski definition) is 2. The molecule has 0 bridgehead atoms. The third-order valence-electron chi connectivity index (χ3n) is 4.22. The van der Waals surface area contributed by atoms with E-state index in [-0.39, 0.29) is 22.9 Å². The van der Waals surface area contributed by atoms with Crippen LogP contribution in [0.4, 0.5) is 0 Å². The Morgan fingerprint density at radius 3 is 2.81 bits per heavy atom. The van der Waals surface area contributed by atoms with E-state index in [9.17, 15) is 13.2 Å². The quantitative estimate of drug-likeness (QED) is 0.856. The van der Waals surface area contributed by atoms with Gasteiger partial charge in [-0.3, -0.25) is 4.90 Å². The third-order valence-corrected chi connectivity index (χ3v) is 5.58. The van der Waals surface area contributed by atoms with E-state index in [1.165, 1.54) is 6.07 Å². The minimum Gasteiger partial charge on any atom is -0.475 e. The molecule has 2 N–H and O–H groups in total. The van der Waals surface area contributed by atoms with Crippen LogP contribution in [0.5, 0.6) is 0 Å². The monoisotopic (exact) mass is 314 g/mol. The topological polar surface area (TPSA) is 99.8 Å². The summed E-state index contributed by atoms with van der Waals surface area (Å²) in [5.74, 6) is -1.66. The summed E-state index contributed by atoms with van der Waals surface area (Å²) in [6, 6.07) is 2.44. The second kappa shape index (κ2) is 5.43. The molecule has 2 aliphatic rings. The molecule has 1 aromatic heterocycles. The van der Waals surface area contributed by atoms with E-state index < -0.39 is 16.0 Å². The van der Waals surface area contributed by atoms with Crippen LogP contribution in [0.15, 0.2) is 21.6 Å². The van der Waals surface area contributed by atoms with Crippen LogP contribution in [0.2, 0.25) is 0 Å². The first-order valence-electron chi connectivity index (χ1n) is 7.07. The van der Waals surface area contributed by atoms with Crippen molar-refractivity contribution in [2.75, 3.05) is 13.1 Å². The molecule has 0 aliphatic carbocycles. The predicted molar refractivity (Wildman–Crippen MR) is 73.6 cm³/mol. The van der Waals surface area contributed by atoms with E-state index in [4.69, 9.17) is 9.52 Å². The average Bonchev–Trinajstić information content (AvgIpc) is 3.06. The zero-order chi connectivity index (χ0) is 15.0. The maximum Gasteiger partial charge on any atom is 0.371 e. The van der Waals surface area contributed by atoms with Gasteiger partial charge in [-0.25, -0.2) is 17.9 Å². The molecule has 0 radical (unpaired) electrons. The van der Waals surface area contributed by atoms with Gasteiger partial charge in [0.05, 0.1) is 0 Å². The largest absolute Gasteiger partial charge is 0.475 e. The summed E-state index contributed by atoms with van der Waals surface area (Å²) in [6.45, 7) is 1.92. The van der Waals surface area contributed by atoms with Gasteiger partial charge in [0.2, 0.25) is 10.9 Å². The minimum absolute atomic E-state index is 0.131. The van der Waals surface area contributed by atoms with Crippen molar-refractivity contribution in [3.63, 3.8) is 0 Å². The number of furan rings is 1. The first kappa shape index (κ1) is 14.6. The third kappa shape index (κ3) is 2.83. The van der Waals surface area contributed by atoms with Gasteiger partial charge in [-0.2, -0.15) is 0 Å². The summed E-state index contributed by atoms with van der Waals surface area (Å²) in [5.41, 5.74) is 0. The van der Waals surface area contributed by atoms with E-state index >= 15 is 0 Å². The molecule has 7 nitrogen and oxygen atoms in total. The molecule has 21 heavy (non-hydrogen) atoms. The molecule has 3 heterocycles. The Balaban J connectivity index is 1.75. The van der Waals surface area contributed by atoms with Crippen molar-refractivity contribution in [3.05, 3.63) is 17.9 Å². The molecule has 1 aromatic rings. The van der Waals surface area contributed by atoms with Crippen molar-refractivity contribution in [1.82, 2.24) is 9.62 Å². The first-order valence-corrected chi connectivity index (χ1v) is 8.55. The van der Waals surface area contributed by atoms with Crippen molar-refractivity contribution in [2.24, 2.45) is 0 Å². The summed E-state index contributed by atoms with van der Waals surface area (Å²) >= 11 is 0. The smallest absolute Gasteiger partial charge is 0.371 e. The SMILES string of the molecule is O=C(O)c1ccc(S(=O)(=O)NC2CCN3CCCCC23)o1. The summed E-state index contributed by atoms with van der Waals surface area (Å²) in [6.07, 6.45) is 4.04. The number of fused-ring (bicyclic) bond motifs is 1. The van der Waals surface area contributed by atoms with Crippen molar-refractivity contribution in [2.45, 2.75) is 42.9 Å². The van der Waals surface area contributed by atoms with Crippen molar-refractivity contribution in [3.8, 4) is 0 Å². The van der Waals surface area contributed by atoms with Crippen LogP contribution in [0.1, 0.15) is 36.2 Å². The van der Waals surface area contributed by atoms with Crippen molar-refractivity contribution < 1.29 is 22.7 Å². The Kier molecular flexibility index (Phi) is 3.76. The van der Waals surface area contributed by atoms with E-state index in [2.05, 4.69) is 9.62 Å². The number of nitrogens with one attached hydrogen (secondary N) is 1. The number of carboxylic acid groups (broad SMARTS) is 1. The van der Waals surface area contributed by atoms with Crippen molar-refractivity contribution in [1.29, 1.82) is 0 Å². The normalized spacial score (nSPS) is 26.7. The fraction of sp³-hybridized carbons (Fsp3) is 0.615. The number of carbonyl (C=O) groups is 1. The Hall–Kier alpha value is -1.38. The van der Waals surface area contributed by atoms with Crippen LogP contribution in [-0.4, -0.2) is 49.6 Å². The summed E-state index contributed by atoms with van der Waals surface area (Å²) < 4.78 is 32.1. The highest BCUT2D eigenvalue weighted by Gasteiger charge is 2.38. The van der Waals surface area contributed by atoms with E-state index in [0.717, 1.165) is 44.8 Å². The molecule has 2 unspecified atom stereocenters. The van der Waals surface area contributed by atoms with Gasteiger partial charge in [-0.1, -0.05) is 6.42 Å². The molecule has 3 rings (SSSR count). The van der Waals surface area contributed by atoms with Crippen LogP contribution in [0, 0.1) is 0 Å². The molecular weight excluding hydrogens is 296 g/mol. The van der Waals surface area contributed by atoms with E-state index in [1.807, 2.05) is 0 Å². The van der Waals surface area contributed by atoms with Crippen LogP contribution in [0.3, 0.4) is 0 Å². The number of nitrogens with zero attached hydrogens (tertiary/aromatic N) is 1. The number of rotatable bonds is 4. The zero-order valence-electron chi connectivity index (χ0n) is 11.5. The van der Waals surface area contributed by atoms with Gasteiger partial charge in [0, 0.05) is 18.6 Å². The molecule has 0 spiro atoms. The maximum atomic E-state index is 12.3. The Morgan fingerprint density at radius 2 is 2.10 bits per heavy atom. The number of hydrogen-bond acceptors (Lipinski definition) is 5. The Morgan fingerprint density at radius 1 is 1.29 bits per heavy atom. The van der Waals surface area contributed by atoms with Crippen LogP contribution < -0.4 is 4.72 Å². The van der Waals surface area contributed by atoms with Gasteiger partial charge in [-0.15, -0.1) is 0 Å². The number of carboxylic acids is 1. The van der Waals surface area contributed by atoms with Gasteiger partial charge in [-0.05, 0) is 37.9 Å². The van der Waals surface area contributed by atoms with E-state index in [1.54, 1.807) is 0 Å². The molecule has 2 aliphatic heterocycles. The van der Waals surface area contributed by atoms with Crippen LogP contribution >= 0.6 is 0 Å². The Bertz CT molecular complexity index is 639. The minimum atomic E-state index is -3.81. The molecule has 116 valence electrons. The molecule has 0 saturated carbocycles. The summed E-state index contributed by atoms with van der Waals surface area (Å²) in [4.78, 5) is 13.1. The van der Waals surface area contributed by atoms with Gasteiger partial charge >= 0.3 is 5.97 Å². The summed E-state index contributed by atoms with van der Waals surface area (Å²) in [7, 11) is -3.81. The molecular formula is C13H18N2O5S. The lowest BCUT2D eigenvalue weighted by molar-refractivity contribution is 0.0656. The van der Waals surface area contributed by atoms with E-state index in [0.29, 0.717) is 0 Å². The van der Waals surface area contributed by atoms with Gasteiger partial charge in [0.25, 0.3) is 10.0 Å². The fourth-order valence-electron chi connectivity index (χ4n) is 3.22. The van der Waals surface area contributed by atoms with Gasteiger partial charge in [0.15, 0.2) is 0 Å². The Labute approximate surface area is 123 Å². The molecule has 8 heteroatoms. The zero-order valence-corrected chi connectivity index (χ0v) is 12.3. The number of aromatic carboxylic acids is 1. The average molecular weight is 314 g/mol. The first-order chi connectivity index (χ1) is 9.97. The molecule has 2 atom stereocenters. The molecule has 0 aromatic carbocycles. The lowest BCUT2D eigenvalue weighted by atomic mass is 10.00. The second-order valence-corrected chi connectivity index (χ2v) is 7.18. The maximum absolute atomic E-state index is 12.3. The standard InChI is InChI=1S/C13H18N2O5S/c16-13(17)11-4-5-12(20-11)21(18,19)14-9-6-8-15-7-2-1-3-10(9)15/h4-5,9-10,14H,1-3,6-8H2,(H,16,17). The van der Waals surface area contributed by atoms with Crippen LogP contribution in [-0.2, 0) is 10.0 Å².